The molecule has 152 valence electrons. The number of halogens is 1. The molecular formula is C22H24IN3OS2. The van der Waals surface area contributed by atoms with Crippen molar-refractivity contribution in [1.82, 2.24) is 4.90 Å². The lowest BCUT2D eigenvalue weighted by Crippen LogP contribution is -2.33. The van der Waals surface area contributed by atoms with Gasteiger partial charge in [0.1, 0.15) is 4.32 Å². The van der Waals surface area contributed by atoms with Crippen LogP contribution in [0.2, 0.25) is 0 Å². The first-order valence-electron chi connectivity index (χ1n) is 9.53. The molecule has 1 N–H and O–H groups in total. The molecule has 0 aliphatic carbocycles. The van der Waals surface area contributed by atoms with Crippen molar-refractivity contribution >= 4 is 74.2 Å². The summed E-state index contributed by atoms with van der Waals surface area (Å²) < 4.78 is 1.77. The Labute approximate surface area is 195 Å². The lowest BCUT2D eigenvalue weighted by molar-refractivity contribution is -0.121. The van der Waals surface area contributed by atoms with Crippen LogP contribution in [0.3, 0.4) is 0 Å². The maximum Gasteiger partial charge on any atom is 0.267 e. The van der Waals surface area contributed by atoms with Gasteiger partial charge in [0.15, 0.2) is 0 Å². The highest BCUT2D eigenvalue weighted by atomic mass is 127. The van der Waals surface area contributed by atoms with E-state index in [-0.39, 0.29) is 5.91 Å². The number of hydrogen-bond donors (Lipinski definition) is 1. The Balaban J connectivity index is 1.69. The number of benzene rings is 2. The Kier molecular flexibility index (Phi) is 7.59. The first kappa shape index (κ1) is 22.1. The lowest BCUT2D eigenvalue weighted by atomic mass is 10.1. The fraction of sp³-hybridized carbons (Fsp3) is 0.273. The van der Waals surface area contributed by atoms with Gasteiger partial charge in [0.05, 0.1) is 11.6 Å². The van der Waals surface area contributed by atoms with E-state index in [0.29, 0.717) is 15.9 Å². The number of thioether (sulfide) groups is 1. The Morgan fingerprint density at radius 2 is 1.86 bits per heavy atom. The summed E-state index contributed by atoms with van der Waals surface area (Å²) in [5.41, 5.74) is 4.35. The van der Waals surface area contributed by atoms with Gasteiger partial charge in [-0.15, -0.1) is 0 Å². The van der Waals surface area contributed by atoms with E-state index in [2.05, 4.69) is 71.8 Å². The van der Waals surface area contributed by atoms with Crippen LogP contribution in [0.1, 0.15) is 25.0 Å². The summed E-state index contributed by atoms with van der Waals surface area (Å²) in [6, 6.07) is 14.5. The van der Waals surface area contributed by atoms with Crippen molar-refractivity contribution in [2.45, 2.75) is 20.8 Å². The molecule has 4 nitrogen and oxygen atoms in total. The molecule has 7 heteroatoms. The van der Waals surface area contributed by atoms with Gasteiger partial charge in [-0.25, -0.2) is 0 Å². The summed E-state index contributed by atoms with van der Waals surface area (Å²) in [7, 11) is 0. The lowest BCUT2D eigenvalue weighted by Gasteiger charge is -2.20. The molecule has 2 aromatic rings. The molecule has 3 rings (SSSR count). The zero-order valence-corrected chi connectivity index (χ0v) is 20.5. The van der Waals surface area contributed by atoms with Gasteiger partial charge in [0, 0.05) is 28.0 Å². The minimum absolute atomic E-state index is 0.0523. The standard InChI is InChI=1S/C22H24IN3OS2/c1-4-25(5-2)18-9-6-16(7-10-18)13-20-21(27)26(22(28)29-20)14-24-19-11-8-17(23)12-15(19)3/h6-13,24H,4-5,14H2,1-3H3. The topological polar surface area (TPSA) is 35.6 Å². The first-order chi connectivity index (χ1) is 13.9. The van der Waals surface area contributed by atoms with Crippen molar-refractivity contribution in [2.24, 2.45) is 0 Å². The van der Waals surface area contributed by atoms with Crippen molar-refractivity contribution in [3.63, 3.8) is 0 Å². The van der Waals surface area contributed by atoms with Crippen LogP contribution in [0.4, 0.5) is 11.4 Å². The van der Waals surface area contributed by atoms with Crippen molar-refractivity contribution in [2.75, 3.05) is 30.0 Å². The molecule has 0 bridgehead atoms. The van der Waals surface area contributed by atoms with Gasteiger partial charge in [-0.2, -0.15) is 0 Å². The van der Waals surface area contributed by atoms with E-state index in [1.165, 1.54) is 21.0 Å². The third-order valence-electron chi connectivity index (χ3n) is 4.81. The van der Waals surface area contributed by atoms with Crippen LogP contribution in [0.25, 0.3) is 6.08 Å². The van der Waals surface area contributed by atoms with Gasteiger partial charge in [-0.05, 0) is 90.9 Å². The summed E-state index contributed by atoms with van der Waals surface area (Å²) in [6.45, 7) is 8.66. The summed E-state index contributed by atoms with van der Waals surface area (Å²) in [5, 5.41) is 3.33. The van der Waals surface area contributed by atoms with Crippen molar-refractivity contribution in [3.05, 3.63) is 62.1 Å². The van der Waals surface area contributed by atoms with E-state index in [0.717, 1.165) is 29.9 Å². The molecule has 0 radical (unpaired) electrons. The number of rotatable bonds is 7. The Morgan fingerprint density at radius 1 is 1.17 bits per heavy atom. The third kappa shape index (κ3) is 5.32. The Hall–Kier alpha value is -1.58. The zero-order valence-electron chi connectivity index (χ0n) is 16.7. The molecule has 1 saturated heterocycles. The molecule has 1 fully saturated rings. The fourth-order valence-corrected chi connectivity index (χ4v) is 5.05. The summed E-state index contributed by atoms with van der Waals surface area (Å²) in [5.74, 6) is -0.0523. The highest BCUT2D eigenvalue weighted by Crippen LogP contribution is 2.33. The van der Waals surface area contributed by atoms with Gasteiger partial charge in [0.2, 0.25) is 0 Å². The van der Waals surface area contributed by atoms with E-state index >= 15 is 0 Å². The van der Waals surface area contributed by atoms with Crippen LogP contribution < -0.4 is 10.2 Å². The van der Waals surface area contributed by atoms with Gasteiger partial charge in [-0.1, -0.05) is 36.1 Å². The van der Waals surface area contributed by atoms with E-state index < -0.39 is 0 Å². The average Bonchev–Trinajstić information content (AvgIpc) is 2.96. The molecule has 2 aromatic carbocycles. The summed E-state index contributed by atoms with van der Waals surface area (Å²) >= 11 is 9.09. The predicted octanol–water partition coefficient (Wildman–Crippen LogP) is 5.72. The number of carbonyl (C=O) groups is 1. The van der Waals surface area contributed by atoms with Crippen molar-refractivity contribution in [3.8, 4) is 0 Å². The maximum atomic E-state index is 12.8. The molecule has 0 saturated carbocycles. The quantitative estimate of drug-likeness (QED) is 0.278. The largest absolute Gasteiger partial charge is 0.372 e. The van der Waals surface area contributed by atoms with E-state index in [1.807, 2.05) is 30.3 Å². The van der Waals surface area contributed by atoms with E-state index in [4.69, 9.17) is 12.2 Å². The highest BCUT2D eigenvalue weighted by Gasteiger charge is 2.31. The SMILES string of the molecule is CCN(CC)c1ccc(C=C2SC(=S)N(CNc3ccc(I)cc3C)C2=O)cc1. The third-order valence-corrected chi connectivity index (χ3v) is 6.86. The van der Waals surface area contributed by atoms with E-state index in [9.17, 15) is 4.79 Å². The number of nitrogens with zero attached hydrogens (tertiary/aromatic N) is 2. The number of nitrogens with one attached hydrogen (secondary N) is 1. The predicted molar refractivity (Wildman–Crippen MR) is 137 cm³/mol. The number of carbonyl (C=O) groups excluding carboxylic acids is 1. The van der Waals surface area contributed by atoms with Gasteiger partial charge < -0.3 is 10.2 Å². The monoisotopic (exact) mass is 537 g/mol. The molecule has 1 heterocycles. The van der Waals surface area contributed by atoms with Crippen LogP contribution in [0.15, 0.2) is 47.4 Å². The van der Waals surface area contributed by atoms with Gasteiger partial charge >= 0.3 is 0 Å². The number of anilines is 2. The fourth-order valence-electron chi connectivity index (χ4n) is 3.15. The molecule has 1 aliphatic heterocycles. The Morgan fingerprint density at radius 3 is 2.48 bits per heavy atom. The minimum Gasteiger partial charge on any atom is -0.372 e. The van der Waals surface area contributed by atoms with Gasteiger partial charge in [-0.3, -0.25) is 9.69 Å². The Bertz CT molecular complexity index is 940. The summed E-state index contributed by atoms with van der Waals surface area (Å²) in [6.07, 6.45) is 1.92. The smallest absolute Gasteiger partial charge is 0.267 e. The van der Waals surface area contributed by atoms with Crippen molar-refractivity contribution < 1.29 is 4.79 Å². The molecule has 0 unspecified atom stereocenters. The number of hydrogen-bond acceptors (Lipinski definition) is 5. The number of amides is 1. The molecule has 0 spiro atoms. The van der Waals surface area contributed by atoms with Gasteiger partial charge in [0.25, 0.3) is 5.91 Å². The highest BCUT2D eigenvalue weighted by molar-refractivity contribution is 14.1. The average molecular weight is 537 g/mol. The summed E-state index contributed by atoms with van der Waals surface area (Å²) in [4.78, 5) is 17.4. The van der Waals surface area contributed by atoms with Crippen molar-refractivity contribution in [1.29, 1.82) is 0 Å². The van der Waals surface area contributed by atoms with Crippen LogP contribution >= 0.6 is 46.6 Å². The van der Waals surface area contributed by atoms with Crippen LogP contribution in [-0.4, -0.2) is 34.9 Å². The molecule has 1 aliphatic rings. The minimum atomic E-state index is -0.0523. The molecule has 0 atom stereocenters. The molecule has 1 amide bonds. The number of thiocarbonyl (C=S) groups is 1. The molecular weight excluding hydrogens is 513 g/mol. The van der Waals surface area contributed by atoms with Crippen LogP contribution in [0.5, 0.6) is 0 Å². The molecule has 0 aromatic heterocycles. The maximum absolute atomic E-state index is 12.8. The second kappa shape index (κ2) is 9.95. The second-order valence-electron chi connectivity index (χ2n) is 6.67. The second-order valence-corrected chi connectivity index (χ2v) is 9.59. The van der Waals surface area contributed by atoms with Crippen LogP contribution in [-0.2, 0) is 4.79 Å². The normalized spacial score (nSPS) is 15.3. The zero-order chi connectivity index (χ0) is 21.0. The van der Waals surface area contributed by atoms with Crippen LogP contribution in [0, 0.1) is 10.5 Å². The van der Waals surface area contributed by atoms with E-state index in [1.54, 1.807) is 4.90 Å². The molecule has 29 heavy (non-hydrogen) atoms. The first-order valence-corrected chi connectivity index (χ1v) is 11.8. The number of aryl methyl sites for hydroxylation is 1.